The van der Waals surface area contributed by atoms with Gasteiger partial charge in [0.25, 0.3) is 0 Å². The average Bonchev–Trinajstić information content (AvgIpc) is 3.26. The maximum Gasteiger partial charge on any atom is 0.318 e. The third kappa shape index (κ3) is 2.91. The minimum Gasteiger partial charge on any atom is -0.335 e. The molecule has 5 heteroatoms. The van der Waals surface area contributed by atoms with E-state index in [2.05, 4.69) is 31.4 Å². The topological polar surface area (TPSA) is 61.4 Å². The van der Waals surface area contributed by atoms with Crippen LogP contribution >= 0.6 is 0 Å². The van der Waals surface area contributed by atoms with Crippen LogP contribution in [0.4, 0.5) is 10.5 Å². The van der Waals surface area contributed by atoms with Gasteiger partial charge in [0.1, 0.15) is 6.04 Å². The Labute approximate surface area is 161 Å². The van der Waals surface area contributed by atoms with Crippen LogP contribution in [0.3, 0.4) is 0 Å². The van der Waals surface area contributed by atoms with E-state index in [4.69, 9.17) is 0 Å². The van der Waals surface area contributed by atoms with Crippen molar-refractivity contribution in [1.82, 2.24) is 10.2 Å². The fourth-order valence-corrected chi connectivity index (χ4v) is 5.68. The predicted molar refractivity (Wildman–Crippen MR) is 106 cm³/mol. The summed E-state index contributed by atoms with van der Waals surface area (Å²) in [6, 6.07) is 9.20. The second-order valence-electron chi connectivity index (χ2n) is 9.32. The Morgan fingerprint density at radius 3 is 2.48 bits per heavy atom. The number of benzene rings is 1. The molecule has 0 spiro atoms. The molecule has 1 aliphatic heterocycles. The monoisotopic (exact) mass is 369 g/mol. The van der Waals surface area contributed by atoms with Gasteiger partial charge in [0.05, 0.1) is 0 Å². The molecule has 1 aromatic carbocycles. The van der Waals surface area contributed by atoms with Crippen molar-refractivity contribution in [3.8, 4) is 0 Å². The van der Waals surface area contributed by atoms with Gasteiger partial charge < -0.3 is 15.5 Å². The van der Waals surface area contributed by atoms with E-state index in [1.807, 2.05) is 30.3 Å². The number of amides is 3. The van der Waals surface area contributed by atoms with Crippen LogP contribution in [0.1, 0.15) is 52.9 Å². The molecule has 27 heavy (non-hydrogen) atoms. The van der Waals surface area contributed by atoms with E-state index in [9.17, 15) is 9.59 Å². The Bertz CT molecular complexity index is 732. The number of rotatable bonds is 3. The number of nitrogens with one attached hydrogen (secondary N) is 2. The van der Waals surface area contributed by atoms with E-state index in [0.717, 1.165) is 24.9 Å². The average molecular weight is 370 g/mol. The van der Waals surface area contributed by atoms with Gasteiger partial charge in [-0.15, -0.1) is 0 Å². The third-order valence-corrected chi connectivity index (χ3v) is 7.95. The lowest BCUT2D eigenvalue weighted by atomic mass is 9.69. The summed E-state index contributed by atoms with van der Waals surface area (Å²) >= 11 is 0. The van der Waals surface area contributed by atoms with E-state index in [1.165, 1.54) is 12.8 Å². The highest BCUT2D eigenvalue weighted by atomic mass is 16.2. The Morgan fingerprint density at radius 2 is 1.85 bits per heavy atom. The normalized spacial score (nSPS) is 33.9. The molecule has 1 heterocycles. The zero-order valence-corrected chi connectivity index (χ0v) is 16.6. The van der Waals surface area contributed by atoms with Crippen molar-refractivity contribution in [2.45, 2.75) is 65.0 Å². The van der Waals surface area contributed by atoms with Crippen molar-refractivity contribution in [1.29, 1.82) is 0 Å². The van der Waals surface area contributed by atoms with Gasteiger partial charge in [0.15, 0.2) is 0 Å². The summed E-state index contributed by atoms with van der Waals surface area (Å²) in [6.07, 6.45) is 5.09. The molecule has 2 saturated carbocycles. The first-order valence-corrected chi connectivity index (χ1v) is 10.3. The van der Waals surface area contributed by atoms with Crippen molar-refractivity contribution in [3.63, 3.8) is 0 Å². The summed E-state index contributed by atoms with van der Waals surface area (Å²) in [5.74, 6) is 0.594. The smallest absolute Gasteiger partial charge is 0.318 e. The van der Waals surface area contributed by atoms with Crippen molar-refractivity contribution in [2.75, 3.05) is 11.9 Å². The molecule has 3 amide bonds. The zero-order valence-electron chi connectivity index (χ0n) is 16.6. The molecule has 0 unspecified atom stereocenters. The number of anilines is 1. The Hall–Kier alpha value is -2.04. The predicted octanol–water partition coefficient (Wildman–Crippen LogP) is 4.01. The molecule has 2 N–H and O–H groups in total. The van der Waals surface area contributed by atoms with Crippen LogP contribution < -0.4 is 10.6 Å². The second-order valence-corrected chi connectivity index (χ2v) is 9.32. The SMILES string of the molecule is CC1(C)[C@H]2CC[C@@]1(C)[C@@H](NC(=O)N1CCC[C@@H]1C(=O)Nc1ccccc1)C2. The molecule has 1 aromatic rings. The molecule has 146 valence electrons. The van der Waals surface area contributed by atoms with Crippen LogP contribution in [-0.2, 0) is 4.79 Å². The number of carbonyl (C=O) groups excluding carboxylic acids is 2. The van der Waals surface area contributed by atoms with Gasteiger partial charge in [-0.05, 0) is 61.0 Å². The first kappa shape index (κ1) is 18.3. The van der Waals surface area contributed by atoms with E-state index in [-0.39, 0.29) is 34.9 Å². The maximum atomic E-state index is 13.0. The third-order valence-electron chi connectivity index (χ3n) is 7.95. The molecule has 3 fully saturated rings. The summed E-state index contributed by atoms with van der Waals surface area (Å²) in [6.45, 7) is 7.68. The summed E-state index contributed by atoms with van der Waals surface area (Å²) in [5.41, 5.74) is 1.19. The highest BCUT2D eigenvalue weighted by Crippen LogP contribution is 2.65. The molecule has 2 bridgehead atoms. The van der Waals surface area contributed by atoms with Gasteiger partial charge in [0, 0.05) is 18.3 Å². The van der Waals surface area contributed by atoms with Crippen LogP contribution in [0.25, 0.3) is 0 Å². The lowest BCUT2D eigenvalue weighted by Gasteiger charge is -2.40. The number of carbonyl (C=O) groups is 2. The molecule has 4 atom stereocenters. The van der Waals surface area contributed by atoms with Gasteiger partial charge in [-0.2, -0.15) is 0 Å². The number of fused-ring (bicyclic) bond motifs is 2. The standard InChI is InChI=1S/C22H31N3O2/c1-21(2)15-11-12-22(21,3)18(14-15)24-20(27)25-13-7-10-17(25)19(26)23-16-8-5-4-6-9-16/h4-6,8-9,15,17-18H,7,10-14H2,1-3H3,(H,23,26)(H,24,27)/t15-,17+,18-,22-/m0/s1. The molecule has 0 radical (unpaired) electrons. The Morgan fingerprint density at radius 1 is 1.11 bits per heavy atom. The van der Waals surface area contributed by atoms with Crippen molar-refractivity contribution in [3.05, 3.63) is 30.3 Å². The van der Waals surface area contributed by atoms with Crippen LogP contribution in [-0.4, -0.2) is 35.5 Å². The fraction of sp³-hybridized carbons (Fsp3) is 0.636. The second kappa shape index (κ2) is 6.54. The van der Waals surface area contributed by atoms with E-state index >= 15 is 0 Å². The van der Waals surface area contributed by atoms with Crippen molar-refractivity contribution in [2.24, 2.45) is 16.7 Å². The summed E-state index contributed by atoms with van der Waals surface area (Å²) < 4.78 is 0. The summed E-state index contributed by atoms with van der Waals surface area (Å²) in [7, 11) is 0. The van der Waals surface area contributed by atoms with Gasteiger partial charge >= 0.3 is 6.03 Å². The van der Waals surface area contributed by atoms with E-state index in [0.29, 0.717) is 12.5 Å². The Kier molecular flexibility index (Phi) is 4.44. The van der Waals surface area contributed by atoms with Crippen LogP contribution in [0.2, 0.25) is 0 Å². The number of urea groups is 1. The molecule has 3 aliphatic rings. The number of hydrogen-bond donors (Lipinski definition) is 2. The van der Waals surface area contributed by atoms with Gasteiger partial charge in [-0.1, -0.05) is 39.0 Å². The largest absolute Gasteiger partial charge is 0.335 e. The fourth-order valence-electron chi connectivity index (χ4n) is 5.68. The highest BCUT2D eigenvalue weighted by Gasteiger charge is 2.61. The molecule has 2 aliphatic carbocycles. The van der Waals surface area contributed by atoms with Crippen LogP contribution in [0, 0.1) is 16.7 Å². The minimum absolute atomic E-state index is 0.0738. The number of likely N-dealkylation sites (tertiary alicyclic amines) is 1. The number of hydrogen-bond acceptors (Lipinski definition) is 2. The van der Waals surface area contributed by atoms with Gasteiger partial charge in [0.2, 0.25) is 5.91 Å². The molecular weight excluding hydrogens is 338 g/mol. The van der Waals surface area contributed by atoms with E-state index < -0.39 is 0 Å². The first-order valence-electron chi connectivity index (χ1n) is 10.3. The van der Waals surface area contributed by atoms with E-state index in [1.54, 1.807) is 4.90 Å². The Balaban J connectivity index is 1.42. The molecule has 1 saturated heterocycles. The van der Waals surface area contributed by atoms with Crippen LogP contribution in [0.15, 0.2) is 30.3 Å². The molecule has 5 nitrogen and oxygen atoms in total. The molecular formula is C22H31N3O2. The molecule has 0 aromatic heterocycles. The highest BCUT2D eigenvalue weighted by molar-refractivity contribution is 5.97. The summed E-state index contributed by atoms with van der Waals surface area (Å²) in [5, 5.41) is 6.25. The number of nitrogens with zero attached hydrogens (tertiary/aromatic N) is 1. The van der Waals surface area contributed by atoms with Gasteiger partial charge in [-0.25, -0.2) is 4.79 Å². The molecule has 4 rings (SSSR count). The zero-order chi connectivity index (χ0) is 19.2. The van der Waals surface area contributed by atoms with Crippen LogP contribution in [0.5, 0.6) is 0 Å². The number of para-hydroxylation sites is 1. The maximum absolute atomic E-state index is 13.0. The summed E-state index contributed by atoms with van der Waals surface area (Å²) in [4.78, 5) is 27.5. The lowest BCUT2D eigenvalue weighted by Crippen LogP contribution is -2.54. The van der Waals surface area contributed by atoms with Gasteiger partial charge in [-0.3, -0.25) is 4.79 Å². The quantitative estimate of drug-likeness (QED) is 0.845. The minimum atomic E-state index is -0.385. The van der Waals surface area contributed by atoms with Crippen molar-refractivity contribution < 1.29 is 9.59 Å². The first-order chi connectivity index (χ1) is 12.8. The lowest BCUT2D eigenvalue weighted by molar-refractivity contribution is -0.119. The van der Waals surface area contributed by atoms with Crippen molar-refractivity contribution >= 4 is 17.6 Å².